The topological polar surface area (TPSA) is 106 Å². The Morgan fingerprint density at radius 1 is 1.06 bits per heavy atom. The molecule has 0 atom stereocenters. The van der Waals surface area contributed by atoms with Crippen molar-refractivity contribution in [2.24, 2.45) is 5.10 Å². The number of amides is 1. The number of hydrazone groups is 1. The van der Waals surface area contributed by atoms with Gasteiger partial charge in [0.1, 0.15) is 5.69 Å². The summed E-state index contributed by atoms with van der Waals surface area (Å²) in [5.41, 5.74) is 7.74. The van der Waals surface area contributed by atoms with Crippen LogP contribution in [0.15, 0.2) is 59.7 Å². The number of methoxy groups -OCH3 is 2. The van der Waals surface area contributed by atoms with E-state index in [4.69, 9.17) is 9.47 Å². The van der Waals surface area contributed by atoms with Crippen LogP contribution >= 0.6 is 0 Å². The lowest BCUT2D eigenvalue weighted by atomic mass is 10.1. The van der Waals surface area contributed by atoms with Gasteiger partial charge in [-0.2, -0.15) is 15.3 Å². The number of aromatic nitrogens is 4. The van der Waals surface area contributed by atoms with Gasteiger partial charge >= 0.3 is 0 Å². The quantitative estimate of drug-likeness (QED) is 0.334. The molecule has 0 fully saturated rings. The summed E-state index contributed by atoms with van der Waals surface area (Å²) in [4.78, 5) is 12.5. The number of carbonyl (C=O) groups excluding carboxylic acids is 1. The van der Waals surface area contributed by atoms with E-state index >= 15 is 0 Å². The second-order valence-electron chi connectivity index (χ2n) is 7.27. The number of hydrogen-bond acceptors (Lipinski definition) is 6. The summed E-state index contributed by atoms with van der Waals surface area (Å²) >= 11 is 0. The van der Waals surface area contributed by atoms with Crippen LogP contribution in [0, 0.1) is 13.8 Å². The van der Waals surface area contributed by atoms with Crippen LogP contribution in [0.5, 0.6) is 11.5 Å². The van der Waals surface area contributed by atoms with Crippen molar-refractivity contribution < 1.29 is 14.3 Å². The molecule has 9 nitrogen and oxygen atoms in total. The summed E-state index contributed by atoms with van der Waals surface area (Å²) < 4.78 is 12.4. The van der Waals surface area contributed by atoms with Crippen molar-refractivity contribution in [3.8, 4) is 28.4 Å². The Morgan fingerprint density at radius 3 is 2.55 bits per heavy atom. The van der Waals surface area contributed by atoms with Crippen LogP contribution in [-0.4, -0.2) is 46.3 Å². The molecule has 0 aliphatic heterocycles. The Morgan fingerprint density at radius 2 is 1.82 bits per heavy atom. The first-order valence-corrected chi connectivity index (χ1v) is 10.2. The number of rotatable bonds is 7. The molecule has 0 aliphatic carbocycles. The molecule has 0 radical (unpaired) electrons. The van der Waals surface area contributed by atoms with Gasteiger partial charge in [0.05, 0.1) is 43.2 Å². The van der Waals surface area contributed by atoms with E-state index in [1.54, 1.807) is 38.6 Å². The maximum atomic E-state index is 12.5. The molecule has 2 aromatic carbocycles. The monoisotopic (exact) mass is 444 g/mol. The first kappa shape index (κ1) is 21.8. The zero-order valence-electron chi connectivity index (χ0n) is 18.8. The van der Waals surface area contributed by atoms with Crippen LogP contribution in [-0.2, 0) is 0 Å². The highest BCUT2D eigenvalue weighted by Crippen LogP contribution is 2.31. The highest BCUT2D eigenvalue weighted by Gasteiger charge is 2.14. The van der Waals surface area contributed by atoms with Gasteiger partial charge < -0.3 is 9.47 Å². The Hall–Kier alpha value is -4.40. The molecule has 0 saturated carbocycles. The number of ether oxygens (including phenoxy) is 2. The van der Waals surface area contributed by atoms with Crippen LogP contribution in [0.4, 0.5) is 0 Å². The maximum Gasteiger partial charge on any atom is 0.289 e. The number of carbonyl (C=O) groups is 1. The normalized spacial score (nSPS) is 11.0. The van der Waals surface area contributed by atoms with Gasteiger partial charge in [0, 0.05) is 11.1 Å². The number of benzene rings is 2. The Balaban J connectivity index is 1.47. The number of nitrogens with zero attached hydrogens (tertiary/aromatic N) is 4. The van der Waals surface area contributed by atoms with Crippen molar-refractivity contribution in [3.05, 3.63) is 77.2 Å². The molecule has 0 bridgehead atoms. The number of nitrogens with one attached hydrogen (secondary N) is 2. The van der Waals surface area contributed by atoms with Gasteiger partial charge in [-0.1, -0.05) is 18.2 Å². The third kappa shape index (κ3) is 4.47. The molecule has 2 aromatic heterocycles. The van der Waals surface area contributed by atoms with Crippen LogP contribution < -0.4 is 14.9 Å². The molecular formula is C24H24N6O3. The van der Waals surface area contributed by atoms with E-state index in [0.29, 0.717) is 17.2 Å². The predicted octanol–water partition coefficient (Wildman–Crippen LogP) is 3.66. The smallest absolute Gasteiger partial charge is 0.289 e. The molecule has 2 N–H and O–H groups in total. The van der Waals surface area contributed by atoms with E-state index in [2.05, 4.69) is 25.8 Å². The average Bonchev–Trinajstić information content (AvgIpc) is 3.45. The molecule has 9 heteroatoms. The fourth-order valence-corrected chi connectivity index (χ4v) is 3.46. The molecule has 0 unspecified atom stereocenters. The van der Waals surface area contributed by atoms with Crippen molar-refractivity contribution in [1.29, 1.82) is 0 Å². The van der Waals surface area contributed by atoms with Crippen molar-refractivity contribution in [1.82, 2.24) is 25.4 Å². The Bertz CT molecular complexity index is 1310. The molecule has 0 saturated heterocycles. The number of hydrogen-bond donors (Lipinski definition) is 2. The molecule has 0 aliphatic rings. The zero-order chi connectivity index (χ0) is 23.4. The standard InChI is InChI=1S/C24H24N6O3/c1-15-19(16(2)30(29-15)18-8-6-5-7-9-18)14-25-28-24(31)21-13-20(26-27-21)17-10-11-22(32-3)23(12-17)33-4/h5-14H,1-4H3,(H,26,27)(H,28,31)/b25-14-. The molecular weight excluding hydrogens is 420 g/mol. The van der Waals surface area contributed by atoms with Crippen molar-refractivity contribution >= 4 is 12.1 Å². The van der Waals surface area contributed by atoms with Gasteiger partial charge in [0.15, 0.2) is 11.5 Å². The van der Waals surface area contributed by atoms with E-state index in [0.717, 1.165) is 28.2 Å². The summed E-state index contributed by atoms with van der Waals surface area (Å²) in [6, 6.07) is 16.9. The zero-order valence-corrected chi connectivity index (χ0v) is 18.8. The lowest BCUT2D eigenvalue weighted by Gasteiger charge is -2.08. The summed E-state index contributed by atoms with van der Waals surface area (Å²) in [7, 11) is 3.14. The summed E-state index contributed by atoms with van der Waals surface area (Å²) in [6.07, 6.45) is 1.60. The minimum atomic E-state index is -0.406. The third-order valence-corrected chi connectivity index (χ3v) is 5.21. The minimum absolute atomic E-state index is 0.283. The fraction of sp³-hybridized carbons (Fsp3) is 0.167. The van der Waals surface area contributed by atoms with E-state index < -0.39 is 5.91 Å². The van der Waals surface area contributed by atoms with E-state index in [1.165, 1.54) is 0 Å². The molecule has 2 heterocycles. The lowest BCUT2D eigenvalue weighted by molar-refractivity contribution is 0.0950. The Labute approximate surface area is 191 Å². The van der Waals surface area contributed by atoms with Crippen molar-refractivity contribution in [2.75, 3.05) is 14.2 Å². The minimum Gasteiger partial charge on any atom is -0.493 e. The van der Waals surface area contributed by atoms with Gasteiger partial charge in [-0.05, 0) is 50.2 Å². The second-order valence-corrected chi connectivity index (χ2v) is 7.27. The molecule has 168 valence electrons. The van der Waals surface area contributed by atoms with Crippen molar-refractivity contribution in [2.45, 2.75) is 13.8 Å². The molecule has 4 aromatic rings. The number of para-hydroxylation sites is 1. The van der Waals surface area contributed by atoms with Gasteiger partial charge in [-0.3, -0.25) is 9.89 Å². The van der Waals surface area contributed by atoms with E-state index in [1.807, 2.05) is 54.9 Å². The first-order valence-electron chi connectivity index (χ1n) is 10.2. The first-order chi connectivity index (χ1) is 16.0. The van der Waals surface area contributed by atoms with Crippen LogP contribution in [0.1, 0.15) is 27.4 Å². The summed E-state index contributed by atoms with van der Waals surface area (Å²) in [5, 5.41) is 15.7. The van der Waals surface area contributed by atoms with Crippen molar-refractivity contribution in [3.63, 3.8) is 0 Å². The summed E-state index contributed by atoms with van der Waals surface area (Å²) in [5.74, 6) is 0.789. The number of aryl methyl sites for hydroxylation is 1. The third-order valence-electron chi connectivity index (χ3n) is 5.21. The fourth-order valence-electron chi connectivity index (χ4n) is 3.46. The molecule has 4 rings (SSSR count). The predicted molar refractivity (Wildman–Crippen MR) is 125 cm³/mol. The number of H-pyrrole nitrogens is 1. The van der Waals surface area contributed by atoms with E-state index in [-0.39, 0.29) is 5.69 Å². The van der Waals surface area contributed by atoms with Crippen LogP contribution in [0.25, 0.3) is 16.9 Å². The van der Waals surface area contributed by atoms with Crippen LogP contribution in [0.3, 0.4) is 0 Å². The van der Waals surface area contributed by atoms with Gasteiger partial charge in [0.25, 0.3) is 5.91 Å². The molecule has 0 spiro atoms. The highest BCUT2D eigenvalue weighted by molar-refractivity contribution is 5.94. The Kier molecular flexibility index (Phi) is 6.21. The maximum absolute atomic E-state index is 12.5. The largest absolute Gasteiger partial charge is 0.493 e. The van der Waals surface area contributed by atoms with E-state index in [9.17, 15) is 4.79 Å². The van der Waals surface area contributed by atoms with Gasteiger partial charge in [0.2, 0.25) is 0 Å². The van der Waals surface area contributed by atoms with Crippen LogP contribution in [0.2, 0.25) is 0 Å². The van der Waals surface area contributed by atoms with Gasteiger partial charge in [-0.15, -0.1) is 0 Å². The summed E-state index contributed by atoms with van der Waals surface area (Å²) in [6.45, 7) is 3.86. The lowest BCUT2D eigenvalue weighted by Crippen LogP contribution is -2.18. The molecule has 1 amide bonds. The average molecular weight is 444 g/mol. The highest BCUT2D eigenvalue weighted by atomic mass is 16.5. The number of aromatic amines is 1. The van der Waals surface area contributed by atoms with Gasteiger partial charge in [-0.25, -0.2) is 10.1 Å². The second kappa shape index (κ2) is 9.39. The molecule has 33 heavy (non-hydrogen) atoms. The SMILES string of the molecule is COc1ccc(-c2cc(C(=O)N/N=C\c3c(C)nn(-c4ccccc4)c3C)[nH]n2)cc1OC.